The summed E-state index contributed by atoms with van der Waals surface area (Å²) in [5.74, 6) is 0.905. The van der Waals surface area contributed by atoms with Crippen molar-refractivity contribution in [2.45, 2.75) is 59.8 Å². The summed E-state index contributed by atoms with van der Waals surface area (Å²) in [4.78, 5) is 5.17. The first-order chi connectivity index (χ1) is 10.1. The predicted octanol–water partition coefficient (Wildman–Crippen LogP) is 3.20. The van der Waals surface area contributed by atoms with E-state index < -0.39 is 0 Å². The maximum absolute atomic E-state index is 6.17. The molecule has 2 N–H and O–H groups in total. The minimum atomic E-state index is 0.401. The molecule has 0 saturated heterocycles. The fourth-order valence-corrected chi connectivity index (χ4v) is 3.68. The second-order valence-corrected chi connectivity index (χ2v) is 7.14. The molecule has 0 unspecified atom stereocenters. The smallest absolute Gasteiger partial charge is 0.00500 e. The second kappa shape index (κ2) is 9.81. The molecule has 3 nitrogen and oxygen atoms in total. The molecule has 1 fully saturated rings. The third-order valence-corrected chi connectivity index (χ3v) is 5.62. The Labute approximate surface area is 133 Å². The molecule has 1 aliphatic carbocycles. The molecule has 0 heterocycles. The van der Waals surface area contributed by atoms with Gasteiger partial charge in [-0.2, -0.15) is 0 Å². The molecule has 1 aliphatic rings. The molecule has 3 heteroatoms. The molecule has 0 spiro atoms. The molecule has 1 saturated carbocycles. The first-order valence-corrected chi connectivity index (χ1v) is 9.23. The van der Waals surface area contributed by atoms with E-state index in [4.69, 9.17) is 5.73 Å². The van der Waals surface area contributed by atoms with Crippen LogP contribution in [0.15, 0.2) is 0 Å². The van der Waals surface area contributed by atoms with Crippen LogP contribution in [-0.2, 0) is 0 Å². The Bertz CT molecular complexity index is 255. The molecule has 0 aromatic carbocycles. The molecule has 21 heavy (non-hydrogen) atoms. The van der Waals surface area contributed by atoms with Crippen molar-refractivity contribution in [1.29, 1.82) is 0 Å². The molecule has 0 aromatic heterocycles. The second-order valence-electron chi connectivity index (χ2n) is 7.14. The Morgan fingerprint density at radius 2 is 1.48 bits per heavy atom. The van der Waals surface area contributed by atoms with E-state index in [2.05, 4.69) is 37.5 Å². The van der Waals surface area contributed by atoms with Crippen molar-refractivity contribution in [1.82, 2.24) is 9.80 Å². The monoisotopic (exact) mass is 297 g/mol. The zero-order valence-electron chi connectivity index (χ0n) is 15.0. The summed E-state index contributed by atoms with van der Waals surface area (Å²) < 4.78 is 0. The lowest BCUT2D eigenvalue weighted by Gasteiger charge is -2.42. The van der Waals surface area contributed by atoms with Crippen molar-refractivity contribution >= 4 is 0 Å². The molecule has 0 aromatic rings. The van der Waals surface area contributed by atoms with Crippen LogP contribution in [0.25, 0.3) is 0 Å². The summed E-state index contributed by atoms with van der Waals surface area (Å²) in [6.07, 6.45) is 6.68. The van der Waals surface area contributed by atoms with E-state index in [1.165, 1.54) is 64.8 Å². The van der Waals surface area contributed by atoms with Crippen molar-refractivity contribution in [3.8, 4) is 0 Å². The Balaban J connectivity index is 2.40. The van der Waals surface area contributed by atoms with Crippen LogP contribution in [0.5, 0.6) is 0 Å². The average Bonchev–Trinajstić information content (AvgIpc) is 2.52. The Hall–Kier alpha value is -0.120. The van der Waals surface area contributed by atoms with Crippen LogP contribution in [0.4, 0.5) is 0 Å². The molecular weight excluding hydrogens is 258 g/mol. The van der Waals surface area contributed by atoms with E-state index in [1.54, 1.807) is 0 Å². The summed E-state index contributed by atoms with van der Waals surface area (Å²) in [6.45, 7) is 17.3. The first kappa shape index (κ1) is 18.9. The maximum atomic E-state index is 6.17. The summed E-state index contributed by atoms with van der Waals surface area (Å²) in [5, 5.41) is 0. The molecule has 0 bridgehead atoms. The van der Waals surface area contributed by atoms with Crippen LogP contribution >= 0.6 is 0 Å². The normalized spacial score (nSPS) is 26.7. The van der Waals surface area contributed by atoms with E-state index in [9.17, 15) is 0 Å². The number of hydrogen-bond donors (Lipinski definition) is 1. The van der Waals surface area contributed by atoms with Crippen molar-refractivity contribution in [2.24, 2.45) is 17.1 Å². The van der Waals surface area contributed by atoms with E-state index in [-0.39, 0.29) is 0 Å². The maximum Gasteiger partial charge on any atom is 0.00500 e. The highest BCUT2D eigenvalue weighted by atomic mass is 15.1. The van der Waals surface area contributed by atoms with Crippen LogP contribution in [0.3, 0.4) is 0 Å². The fraction of sp³-hybridized carbons (Fsp3) is 1.00. The quantitative estimate of drug-likeness (QED) is 0.672. The van der Waals surface area contributed by atoms with Crippen LogP contribution < -0.4 is 5.73 Å². The van der Waals surface area contributed by atoms with Gasteiger partial charge in [0.15, 0.2) is 0 Å². The predicted molar refractivity (Wildman–Crippen MR) is 93.6 cm³/mol. The van der Waals surface area contributed by atoms with E-state index in [1.807, 2.05) is 0 Å². The van der Waals surface area contributed by atoms with Crippen LogP contribution in [0, 0.1) is 11.3 Å². The Morgan fingerprint density at radius 3 is 1.95 bits per heavy atom. The number of nitrogens with two attached hydrogens (primary N) is 1. The van der Waals surface area contributed by atoms with Gasteiger partial charge in [-0.25, -0.2) is 0 Å². The third kappa shape index (κ3) is 6.25. The van der Waals surface area contributed by atoms with Gasteiger partial charge in [-0.05, 0) is 69.9 Å². The van der Waals surface area contributed by atoms with Crippen molar-refractivity contribution in [3.05, 3.63) is 0 Å². The van der Waals surface area contributed by atoms with Gasteiger partial charge in [0.05, 0.1) is 0 Å². The molecule has 0 radical (unpaired) electrons. The van der Waals surface area contributed by atoms with Crippen LogP contribution in [0.2, 0.25) is 0 Å². The number of nitrogens with zero attached hydrogens (tertiary/aromatic N) is 2. The average molecular weight is 298 g/mol. The van der Waals surface area contributed by atoms with Gasteiger partial charge < -0.3 is 15.5 Å². The standard InChI is InChI=1S/C18H39N3/c1-5-20(6-2)13-8-14-21(7-3)16-18(15-19)11-9-17(4)10-12-18/h17H,5-16,19H2,1-4H3. The van der Waals surface area contributed by atoms with Gasteiger partial charge in [0.25, 0.3) is 0 Å². The highest BCUT2D eigenvalue weighted by molar-refractivity contribution is 4.88. The van der Waals surface area contributed by atoms with Gasteiger partial charge in [0.1, 0.15) is 0 Å². The zero-order chi connectivity index (χ0) is 15.7. The van der Waals surface area contributed by atoms with Gasteiger partial charge in [0.2, 0.25) is 0 Å². The zero-order valence-corrected chi connectivity index (χ0v) is 15.0. The van der Waals surface area contributed by atoms with E-state index in [0.29, 0.717) is 5.41 Å². The SMILES string of the molecule is CCN(CC)CCCN(CC)CC1(CN)CCC(C)CC1. The highest BCUT2D eigenvalue weighted by Gasteiger charge is 2.34. The van der Waals surface area contributed by atoms with Crippen molar-refractivity contribution < 1.29 is 0 Å². The first-order valence-electron chi connectivity index (χ1n) is 9.23. The Kier molecular flexibility index (Phi) is 8.84. The van der Waals surface area contributed by atoms with Gasteiger partial charge in [-0.1, -0.05) is 40.5 Å². The lowest BCUT2D eigenvalue weighted by atomic mass is 9.70. The molecule has 1 rings (SSSR count). The summed E-state index contributed by atoms with van der Waals surface area (Å²) >= 11 is 0. The van der Waals surface area contributed by atoms with Crippen LogP contribution in [-0.4, -0.2) is 55.6 Å². The Morgan fingerprint density at radius 1 is 0.952 bits per heavy atom. The summed E-state index contributed by atoms with van der Waals surface area (Å²) in [6, 6.07) is 0. The molecule has 0 atom stereocenters. The van der Waals surface area contributed by atoms with Gasteiger partial charge in [-0.3, -0.25) is 0 Å². The highest BCUT2D eigenvalue weighted by Crippen LogP contribution is 2.38. The van der Waals surface area contributed by atoms with Gasteiger partial charge in [0, 0.05) is 6.54 Å². The van der Waals surface area contributed by atoms with Crippen molar-refractivity contribution in [3.63, 3.8) is 0 Å². The summed E-state index contributed by atoms with van der Waals surface area (Å²) in [7, 11) is 0. The van der Waals surface area contributed by atoms with Gasteiger partial charge in [-0.15, -0.1) is 0 Å². The summed E-state index contributed by atoms with van der Waals surface area (Å²) in [5.41, 5.74) is 6.57. The molecular formula is C18H39N3. The molecule has 126 valence electrons. The topological polar surface area (TPSA) is 32.5 Å². The van der Waals surface area contributed by atoms with Gasteiger partial charge >= 0.3 is 0 Å². The van der Waals surface area contributed by atoms with E-state index >= 15 is 0 Å². The largest absolute Gasteiger partial charge is 0.330 e. The molecule has 0 amide bonds. The molecule has 0 aliphatic heterocycles. The third-order valence-electron chi connectivity index (χ3n) is 5.62. The lowest BCUT2D eigenvalue weighted by molar-refractivity contribution is 0.0947. The minimum Gasteiger partial charge on any atom is -0.330 e. The minimum absolute atomic E-state index is 0.401. The van der Waals surface area contributed by atoms with Crippen molar-refractivity contribution in [2.75, 3.05) is 45.8 Å². The van der Waals surface area contributed by atoms with Crippen LogP contribution in [0.1, 0.15) is 59.8 Å². The van der Waals surface area contributed by atoms with E-state index in [0.717, 1.165) is 19.0 Å². The lowest BCUT2D eigenvalue weighted by Crippen LogP contribution is -2.45. The number of hydrogen-bond acceptors (Lipinski definition) is 3. The number of rotatable bonds is 10. The fourth-order valence-electron chi connectivity index (χ4n) is 3.68.